The second kappa shape index (κ2) is 8.71. The fraction of sp³-hybridized carbons (Fsp3) is 0.318. The number of aromatic nitrogens is 3. The lowest BCUT2D eigenvalue weighted by atomic mass is 10.1. The standard InChI is InChI=1S/C22H23F2N5O/c1-28(13-15-3-2-8-25-12-15)22-26-20-7-10-29(9-6-18(20)21(30)27-22)14-16-4-5-17(23)11-19(16)24/h2-5,8,11-12H,6-7,9-10,13-14H2,1H3,(H,26,27,30). The number of anilines is 1. The Morgan fingerprint density at radius 2 is 2.03 bits per heavy atom. The Labute approximate surface area is 173 Å². The molecule has 8 heteroatoms. The number of rotatable bonds is 5. The van der Waals surface area contributed by atoms with Crippen molar-refractivity contribution < 1.29 is 8.78 Å². The molecule has 30 heavy (non-hydrogen) atoms. The van der Waals surface area contributed by atoms with Gasteiger partial charge in [-0.15, -0.1) is 0 Å². The van der Waals surface area contributed by atoms with Gasteiger partial charge in [-0.05, 0) is 24.1 Å². The van der Waals surface area contributed by atoms with Gasteiger partial charge in [0, 0.05) is 69.2 Å². The van der Waals surface area contributed by atoms with Crippen LogP contribution in [0.25, 0.3) is 0 Å². The van der Waals surface area contributed by atoms with E-state index in [-0.39, 0.29) is 5.56 Å². The van der Waals surface area contributed by atoms with Gasteiger partial charge in [0.05, 0.1) is 5.69 Å². The Bertz CT molecular complexity index is 1090. The molecule has 1 aromatic carbocycles. The molecule has 3 heterocycles. The number of hydrogen-bond donors (Lipinski definition) is 1. The highest BCUT2D eigenvalue weighted by molar-refractivity contribution is 5.34. The highest BCUT2D eigenvalue weighted by atomic mass is 19.1. The van der Waals surface area contributed by atoms with Gasteiger partial charge in [0.1, 0.15) is 11.6 Å². The molecule has 0 saturated carbocycles. The number of pyridine rings is 1. The molecule has 156 valence electrons. The Kier molecular flexibility index (Phi) is 5.85. The van der Waals surface area contributed by atoms with E-state index in [0.29, 0.717) is 56.1 Å². The van der Waals surface area contributed by atoms with E-state index < -0.39 is 11.6 Å². The summed E-state index contributed by atoms with van der Waals surface area (Å²) in [6.07, 6.45) is 4.63. The summed E-state index contributed by atoms with van der Waals surface area (Å²) >= 11 is 0. The molecule has 0 spiro atoms. The van der Waals surface area contributed by atoms with Gasteiger partial charge in [-0.25, -0.2) is 13.8 Å². The van der Waals surface area contributed by atoms with Gasteiger partial charge in [-0.1, -0.05) is 12.1 Å². The smallest absolute Gasteiger partial charge is 0.255 e. The summed E-state index contributed by atoms with van der Waals surface area (Å²) in [6, 6.07) is 7.48. The summed E-state index contributed by atoms with van der Waals surface area (Å²) in [7, 11) is 1.87. The molecule has 0 aliphatic carbocycles. The first kappa shape index (κ1) is 20.2. The van der Waals surface area contributed by atoms with Crippen LogP contribution in [0.2, 0.25) is 0 Å². The maximum Gasteiger partial charge on any atom is 0.255 e. The van der Waals surface area contributed by atoms with Crippen molar-refractivity contribution in [2.24, 2.45) is 0 Å². The Morgan fingerprint density at radius 3 is 2.80 bits per heavy atom. The van der Waals surface area contributed by atoms with E-state index in [2.05, 4.69) is 14.9 Å². The molecule has 0 amide bonds. The zero-order valence-corrected chi connectivity index (χ0v) is 16.7. The molecule has 4 rings (SSSR count). The van der Waals surface area contributed by atoms with Crippen LogP contribution in [0.1, 0.15) is 22.4 Å². The van der Waals surface area contributed by atoms with Crippen LogP contribution in [0.3, 0.4) is 0 Å². The van der Waals surface area contributed by atoms with Crippen LogP contribution in [-0.4, -0.2) is 40.0 Å². The van der Waals surface area contributed by atoms with Gasteiger partial charge in [-0.2, -0.15) is 0 Å². The number of nitrogens with zero attached hydrogens (tertiary/aromatic N) is 4. The quantitative estimate of drug-likeness (QED) is 0.699. The number of fused-ring (bicyclic) bond motifs is 1. The number of nitrogens with one attached hydrogen (secondary N) is 1. The Morgan fingerprint density at radius 1 is 1.20 bits per heavy atom. The van der Waals surface area contributed by atoms with Crippen molar-refractivity contribution in [1.82, 2.24) is 19.9 Å². The number of hydrogen-bond acceptors (Lipinski definition) is 5. The molecule has 2 aromatic heterocycles. The topological polar surface area (TPSA) is 65.1 Å². The SMILES string of the molecule is CN(Cc1cccnc1)c1nc2c(c(=O)[nH]1)CCN(Cc1ccc(F)cc1F)CC2. The summed E-state index contributed by atoms with van der Waals surface area (Å²) < 4.78 is 27.2. The molecule has 0 saturated heterocycles. The largest absolute Gasteiger partial charge is 0.341 e. The summed E-state index contributed by atoms with van der Waals surface area (Å²) in [5, 5.41) is 0. The average molecular weight is 411 g/mol. The molecule has 0 fully saturated rings. The average Bonchev–Trinajstić information content (AvgIpc) is 2.93. The van der Waals surface area contributed by atoms with E-state index in [1.165, 1.54) is 12.1 Å². The van der Waals surface area contributed by atoms with Crippen molar-refractivity contribution in [3.8, 4) is 0 Å². The monoisotopic (exact) mass is 411 g/mol. The van der Waals surface area contributed by atoms with Crippen molar-refractivity contribution in [3.05, 3.63) is 87.1 Å². The first-order valence-electron chi connectivity index (χ1n) is 9.88. The number of H-pyrrole nitrogens is 1. The predicted molar refractivity (Wildman–Crippen MR) is 110 cm³/mol. The van der Waals surface area contributed by atoms with Crippen molar-refractivity contribution >= 4 is 5.95 Å². The number of benzene rings is 1. The second-order valence-electron chi connectivity index (χ2n) is 7.54. The van der Waals surface area contributed by atoms with Crippen molar-refractivity contribution in [2.45, 2.75) is 25.9 Å². The van der Waals surface area contributed by atoms with Crippen LogP contribution in [0.15, 0.2) is 47.5 Å². The molecule has 0 radical (unpaired) electrons. The summed E-state index contributed by atoms with van der Waals surface area (Å²) in [4.78, 5) is 28.3. The van der Waals surface area contributed by atoms with Gasteiger partial charge < -0.3 is 4.90 Å². The summed E-state index contributed by atoms with van der Waals surface area (Å²) in [6.45, 7) is 2.20. The molecule has 1 aliphatic heterocycles. The van der Waals surface area contributed by atoms with Crippen LogP contribution >= 0.6 is 0 Å². The fourth-order valence-electron chi connectivity index (χ4n) is 3.71. The highest BCUT2D eigenvalue weighted by Gasteiger charge is 2.20. The first-order valence-corrected chi connectivity index (χ1v) is 9.88. The number of halogens is 2. The fourth-order valence-corrected chi connectivity index (χ4v) is 3.71. The van der Waals surface area contributed by atoms with Crippen LogP contribution in [0, 0.1) is 11.6 Å². The lowest BCUT2D eigenvalue weighted by Gasteiger charge is -2.20. The zero-order chi connectivity index (χ0) is 21.1. The molecule has 0 unspecified atom stereocenters. The Hall–Kier alpha value is -3.13. The molecule has 6 nitrogen and oxygen atoms in total. The third-order valence-electron chi connectivity index (χ3n) is 5.34. The van der Waals surface area contributed by atoms with Gasteiger partial charge in [0.2, 0.25) is 5.95 Å². The lowest BCUT2D eigenvalue weighted by Crippen LogP contribution is -2.27. The third kappa shape index (κ3) is 4.54. The first-order chi connectivity index (χ1) is 14.5. The molecule has 1 N–H and O–H groups in total. The van der Waals surface area contributed by atoms with Gasteiger partial charge in [-0.3, -0.25) is 19.7 Å². The van der Waals surface area contributed by atoms with Crippen LogP contribution in [0.5, 0.6) is 0 Å². The molecule has 3 aromatic rings. The lowest BCUT2D eigenvalue weighted by molar-refractivity contribution is 0.274. The highest BCUT2D eigenvalue weighted by Crippen LogP contribution is 2.18. The van der Waals surface area contributed by atoms with Gasteiger partial charge in [0.15, 0.2) is 0 Å². The van der Waals surface area contributed by atoms with E-state index in [1.807, 2.05) is 24.1 Å². The molecular formula is C22H23F2N5O. The maximum atomic E-state index is 14.0. The third-order valence-corrected chi connectivity index (χ3v) is 5.34. The predicted octanol–water partition coefficient (Wildman–Crippen LogP) is 2.68. The van der Waals surface area contributed by atoms with Crippen LogP contribution < -0.4 is 10.5 Å². The van der Waals surface area contributed by atoms with E-state index in [9.17, 15) is 13.6 Å². The molecular weight excluding hydrogens is 388 g/mol. The minimum Gasteiger partial charge on any atom is -0.341 e. The van der Waals surface area contributed by atoms with E-state index >= 15 is 0 Å². The van der Waals surface area contributed by atoms with Gasteiger partial charge >= 0.3 is 0 Å². The van der Waals surface area contributed by atoms with E-state index in [1.54, 1.807) is 12.4 Å². The minimum atomic E-state index is -0.585. The van der Waals surface area contributed by atoms with Crippen LogP contribution in [-0.2, 0) is 25.9 Å². The normalized spacial score (nSPS) is 14.2. The maximum absolute atomic E-state index is 14.0. The molecule has 1 aliphatic rings. The van der Waals surface area contributed by atoms with Crippen molar-refractivity contribution in [1.29, 1.82) is 0 Å². The zero-order valence-electron chi connectivity index (χ0n) is 16.7. The van der Waals surface area contributed by atoms with E-state index in [0.717, 1.165) is 17.3 Å². The number of aromatic amines is 1. The summed E-state index contributed by atoms with van der Waals surface area (Å²) in [5.74, 6) is -0.620. The Balaban J connectivity index is 1.49. The molecule has 0 atom stereocenters. The molecule has 0 bridgehead atoms. The summed E-state index contributed by atoms with van der Waals surface area (Å²) in [5.41, 5.74) is 2.78. The second-order valence-corrected chi connectivity index (χ2v) is 7.54. The van der Waals surface area contributed by atoms with Gasteiger partial charge in [0.25, 0.3) is 5.56 Å². The minimum absolute atomic E-state index is 0.136. The van der Waals surface area contributed by atoms with E-state index in [4.69, 9.17) is 4.98 Å². The van der Waals surface area contributed by atoms with Crippen LogP contribution in [0.4, 0.5) is 14.7 Å². The van der Waals surface area contributed by atoms with Crippen molar-refractivity contribution in [3.63, 3.8) is 0 Å². The van der Waals surface area contributed by atoms with Crippen molar-refractivity contribution in [2.75, 3.05) is 25.0 Å².